The monoisotopic (exact) mass is 441 g/mol. The van der Waals surface area contributed by atoms with E-state index in [4.69, 9.17) is 0 Å². The van der Waals surface area contributed by atoms with E-state index in [1.807, 2.05) is 6.07 Å². The van der Waals surface area contributed by atoms with E-state index in [2.05, 4.69) is 77.9 Å². The van der Waals surface area contributed by atoms with Gasteiger partial charge in [0, 0.05) is 41.0 Å². The van der Waals surface area contributed by atoms with Crippen LogP contribution in [0, 0.1) is 6.92 Å². The van der Waals surface area contributed by atoms with Crippen LogP contribution in [0.2, 0.25) is 0 Å². The topological polar surface area (TPSA) is 61.5 Å². The van der Waals surface area contributed by atoms with Gasteiger partial charge in [0.25, 0.3) is 10.1 Å². The lowest BCUT2D eigenvalue weighted by Crippen LogP contribution is -2.39. The third kappa shape index (κ3) is 4.24. The Balaban J connectivity index is 1.80. The SMILES string of the molecule is CCN1/C(=C\c2ccc3cccc(C)c3[n+]2CCCS(=O)(=O)O)Sc2ccccc21. The fourth-order valence-corrected chi connectivity index (χ4v) is 5.63. The van der Waals surface area contributed by atoms with Crippen molar-refractivity contribution in [2.24, 2.45) is 0 Å². The molecule has 0 fully saturated rings. The molecule has 4 rings (SSSR count). The van der Waals surface area contributed by atoms with E-state index in [-0.39, 0.29) is 5.75 Å². The van der Waals surface area contributed by atoms with E-state index in [0.29, 0.717) is 13.0 Å². The zero-order valence-electron chi connectivity index (χ0n) is 17.1. The molecule has 1 aliphatic heterocycles. The zero-order chi connectivity index (χ0) is 21.3. The Bertz CT molecular complexity index is 1240. The molecule has 2 aromatic carbocycles. The molecule has 0 unspecified atom stereocenters. The minimum Gasteiger partial charge on any atom is -0.335 e. The number of nitrogens with zero attached hydrogens (tertiary/aromatic N) is 2. The molecule has 0 saturated carbocycles. The molecule has 0 bridgehead atoms. The summed E-state index contributed by atoms with van der Waals surface area (Å²) in [5.74, 6) is -0.250. The first-order chi connectivity index (χ1) is 14.4. The summed E-state index contributed by atoms with van der Waals surface area (Å²) in [5, 5.41) is 2.26. The Kier molecular flexibility index (Phi) is 5.86. The van der Waals surface area contributed by atoms with Crippen LogP contribution in [0.1, 0.15) is 24.6 Å². The molecule has 1 aromatic heterocycles. The predicted molar refractivity (Wildman–Crippen MR) is 123 cm³/mol. The Morgan fingerprint density at radius 2 is 1.90 bits per heavy atom. The first kappa shape index (κ1) is 20.9. The number of hydrogen-bond donors (Lipinski definition) is 1. The summed E-state index contributed by atoms with van der Waals surface area (Å²) in [4.78, 5) is 3.53. The molecule has 5 nitrogen and oxygen atoms in total. The number of rotatable bonds is 6. The van der Waals surface area contributed by atoms with Crippen molar-refractivity contribution < 1.29 is 17.5 Å². The van der Waals surface area contributed by atoms with E-state index < -0.39 is 10.1 Å². The summed E-state index contributed by atoms with van der Waals surface area (Å²) in [5.41, 5.74) is 4.45. The lowest BCUT2D eigenvalue weighted by atomic mass is 10.1. The van der Waals surface area contributed by atoms with Crippen molar-refractivity contribution in [1.82, 2.24) is 0 Å². The van der Waals surface area contributed by atoms with Crippen molar-refractivity contribution in [3.05, 3.63) is 70.9 Å². The molecular formula is C23H25N2O3S2+. The molecule has 0 atom stereocenters. The van der Waals surface area contributed by atoms with E-state index in [1.54, 1.807) is 11.8 Å². The van der Waals surface area contributed by atoms with Crippen molar-refractivity contribution in [2.75, 3.05) is 17.2 Å². The molecule has 0 saturated heterocycles. The van der Waals surface area contributed by atoms with Gasteiger partial charge in [-0.25, -0.2) is 0 Å². The van der Waals surface area contributed by atoms with Gasteiger partial charge in [-0.15, -0.1) is 0 Å². The Morgan fingerprint density at radius 1 is 1.10 bits per heavy atom. The van der Waals surface area contributed by atoms with E-state index in [1.165, 1.54) is 10.6 Å². The molecule has 1 aliphatic rings. The van der Waals surface area contributed by atoms with Crippen molar-refractivity contribution in [3.8, 4) is 0 Å². The number of aromatic nitrogens is 1. The van der Waals surface area contributed by atoms with Crippen LogP contribution in [-0.4, -0.2) is 25.3 Å². The molecule has 0 radical (unpaired) electrons. The van der Waals surface area contributed by atoms with Crippen LogP contribution in [0.15, 0.2) is 64.5 Å². The summed E-state index contributed by atoms with van der Waals surface area (Å²) in [6, 6.07) is 18.7. The summed E-state index contributed by atoms with van der Waals surface area (Å²) in [6.07, 6.45) is 2.52. The minimum absolute atomic E-state index is 0.250. The van der Waals surface area contributed by atoms with Gasteiger partial charge in [0.05, 0.1) is 16.5 Å². The first-order valence-corrected chi connectivity index (χ1v) is 12.4. The highest BCUT2D eigenvalue weighted by Gasteiger charge is 2.25. The van der Waals surface area contributed by atoms with Gasteiger partial charge in [0.15, 0.2) is 6.54 Å². The molecule has 0 spiro atoms. The van der Waals surface area contributed by atoms with Gasteiger partial charge in [-0.2, -0.15) is 13.0 Å². The highest BCUT2D eigenvalue weighted by atomic mass is 32.2. The van der Waals surface area contributed by atoms with Gasteiger partial charge in [0.2, 0.25) is 11.2 Å². The summed E-state index contributed by atoms with van der Waals surface area (Å²) >= 11 is 1.75. The molecular weight excluding hydrogens is 416 g/mol. The maximum absolute atomic E-state index is 11.2. The fourth-order valence-electron chi connectivity index (χ4n) is 3.96. The van der Waals surface area contributed by atoms with Gasteiger partial charge in [-0.05, 0) is 38.1 Å². The number of fused-ring (bicyclic) bond motifs is 2. The van der Waals surface area contributed by atoms with Crippen LogP contribution < -0.4 is 9.47 Å². The number of benzene rings is 2. The summed E-state index contributed by atoms with van der Waals surface area (Å²) in [7, 11) is -3.98. The lowest BCUT2D eigenvalue weighted by molar-refractivity contribution is -0.673. The van der Waals surface area contributed by atoms with Gasteiger partial charge >= 0.3 is 0 Å². The average Bonchev–Trinajstić information content (AvgIpc) is 3.05. The van der Waals surface area contributed by atoms with Crippen LogP contribution in [0.25, 0.3) is 17.0 Å². The van der Waals surface area contributed by atoms with Crippen LogP contribution in [0.3, 0.4) is 0 Å². The van der Waals surface area contributed by atoms with E-state index >= 15 is 0 Å². The van der Waals surface area contributed by atoms with Gasteiger partial charge < -0.3 is 4.90 Å². The first-order valence-electron chi connectivity index (χ1n) is 10.0. The Morgan fingerprint density at radius 3 is 2.67 bits per heavy atom. The number of thioether (sulfide) groups is 1. The quantitative estimate of drug-likeness (QED) is 0.446. The Labute approximate surface area is 181 Å². The third-order valence-corrected chi connectivity index (χ3v) is 7.21. The number of hydrogen-bond acceptors (Lipinski definition) is 4. The maximum Gasteiger partial charge on any atom is 0.265 e. The zero-order valence-corrected chi connectivity index (χ0v) is 18.7. The molecule has 156 valence electrons. The van der Waals surface area contributed by atoms with Crippen molar-refractivity contribution in [1.29, 1.82) is 0 Å². The maximum atomic E-state index is 11.2. The number of para-hydroxylation sites is 2. The second kappa shape index (κ2) is 8.41. The molecule has 2 heterocycles. The van der Waals surface area contributed by atoms with Crippen LogP contribution in [0.5, 0.6) is 0 Å². The van der Waals surface area contributed by atoms with Gasteiger partial charge in [0.1, 0.15) is 0 Å². The van der Waals surface area contributed by atoms with E-state index in [0.717, 1.165) is 33.7 Å². The number of anilines is 1. The normalized spacial score (nSPS) is 15.2. The van der Waals surface area contributed by atoms with Crippen molar-refractivity contribution >= 4 is 44.5 Å². The van der Waals surface area contributed by atoms with Gasteiger partial charge in [-0.3, -0.25) is 4.55 Å². The molecule has 0 amide bonds. The third-order valence-electron chi connectivity index (χ3n) is 5.29. The largest absolute Gasteiger partial charge is 0.335 e. The average molecular weight is 442 g/mol. The number of pyridine rings is 1. The minimum atomic E-state index is -3.98. The molecule has 3 aromatic rings. The molecule has 7 heteroatoms. The highest BCUT2D eigenvalue weighted by molar-refractivity contribution is 8.03. The summed E-state index contributed by atoms with van der Waals surface area (Å²) < 4.78 is 33.8. The summed E-state index contributed by atoms with van der Waals surface area (Å²) in [6.45, 7) is 5.58. The predicted octanol–water partition coefficient (Wildman–Crippen LogP) is 4.64. The van der Waals surface area contributed by atoms with Crippen LogP contribution in [0.4, 0.5) is 5.69 Å². The second-order valence-electron chi connectivity index (χ2n) is 7.36. The van der Waals surface area contributed by atoms with Crippen LogP contribution >= 0.6 is 11.8 Å². The molecule has 0 aliphatic carbocycles. The van der Waals surface area contributed by atoms with Crippen LogP contribution in [-0.2, 0) is 16.7 Å². The van der Waals surface area contributed by atoms with E-state index in [9.17, 15) is 13.0 Å². The molecule has 1 N–H and O–H groups in total. The standard InChI is InChI=1S/C23H24N2O3S2/c1-3-24-20-10-4-5-11-21(20)29-22(24)16-19-13-12-18-9-6-8-17(2)23(18)25(19)14-7-15-30(26,27)28/h4-6,8-13,16H,3,7,14-15H2,1-2H3/p+1. The lowest BCUT2D eigenvalue weighted by Gasteiger charge is -2.17. The Hall–Kier alpha value is -2.35. The smallest absolute Gasteiger partial charge is 0.265 e. The second-order valence-corrected chi connectivity index (χ2v) is 9.99. The fraction of sp³-hybridized carbons (Fsp3) is 0.261. The van der Waals surface area contributed by atoms with Gasteiger partial charge in [-0.1, -0.05) is 36.0 Å². The number of aryl methyl sites for hydroxylation is 2. The van der Waals surface area contributed by atoms with Crippen molar-refractivity contribution in [2.45, 2.75) is 31.7 Å². The molecule has 30 heavy (non-hydrogen) atoms. The van der Waals surface area contributed by atoms with Crippen molar-refractivity contribution in [3.63, 3.8) is 0 Å². The highest BCUT2D eigenvalue weighted by Crippen LogP contribution is 2.46.